The van der Waals surface area contributed by atoms with E-state index in [1.165, 1.54) is 12.1 Å². The van der Waals surface area contributed by atoms with Crippen molar-refractivity contribution < 1.29 is 13.9 Å². The molecule has 0 radical (unpaired) electrons. The van der Waals surface area contributed by atoms with E-state index in [1.54, 1.807) is 18.3 Å². The standard InChI is InChI=1S/C20H17BrFN5O2/c21-13-8-24-19-16(26-18(27-19)11-2-1-3-12(22)7-11)15(13)25-14-9-4-5-10(6-9)17(14)29-20(23)28/h1-5,7-10,14,17H,6H2,(H2,23,28)(H2,24,25,26,27)/t9-,10+,14+,17-/m0/s1. The van der Waals surface area contributed by atoms with Crippen molar-refractivity contribution in [3.8, 4) is 11.4 Å². The van der Waals surface area contributed by atoms with Crippen LogP contribution in [-0.4, -0.2) is 33.2 Å². The van der Waals surface area contributed by atoms with Crippen molar-refractivity contribution in [3.05, 3.63) is 52.9 Å². The summed E-state index contributed by atoms with van der Waals surface area (Å²) in [5, 5.41) is 3.50. The molecule has 1 amide bonds. The highest BCUT2D eigenvalue weighted by Crippen LogP contribution is 2.44. The second-order valence-electron chi connectivity index (χ2n) is 7.30. The van der Waals surface area contributed by atoms with E-state index in [2.05, 4.69) is 48.4 Å². The first-order valence-corrected chi connectivity index (χ1v) is 10.00. The summed E-state index contributed by atoms with van der Waals surface area (Å²) >= 11 is 3.54. The number of aromatic amines is 1. The second-order valence-corrected chi connectivity index (χ2v) is 8.15. The van der Waals surface area contributed by atoms with Crippen LogP contribution in [0.25, 0.3) is 22.6 Å². The van der Waals surface area contributed by atoms with Gasteiger partial charge in [0.15, 0.2) is 5.65 Å². The number of anilines is 1. The van der Waals surface area contributed by atoms with Gasteiger partial charge in [-0.05, 0) is 34.5 Å². The van der Waals surface area contributed by atoms with Crippen LogP contribution in [0.3, 0.4) is 0 Å². The summed E-state index contributed by atoms with van der Waals surface area (Å²) in [6.45, 7) is 0. The molecule has 0 saturated heterocycles. The lowest BCUT2D eigenvalue weighted by Gasteiger charge is -2.29. The third kappa shape index (κ3) is 3.15. The molecule has 1 fully saturated rings. The van der Waals surface area contributed by atoms with Gasteiger partial charge in [0, 0.05) is 23.6 Å². The molecule has 4 N–H and O–H groups in total. The van der Waals surface area contributed by atoms with Crippen LogP contribution in [-0.2, 0) is 4.74 Å². The molecule has 7 nitrogen and oxygen atoms in total. The third-order valence-electron chi connectivity index (χ3n) is 5.52. The van der Waals surface area contributed by atoms with Crippen molar-refractivity contribution in [1.82, 2.24) is 15.0 Å². The van der Waals surface area contributed by atoms with Crippen LogP contribution in [0.2, 0.25) is 0 Å². The van der Waals surface area contributed by atoms with Crippen LogP contribution in [0.5, 0.6) is 0 Å². The fraction of sp³-hybridized carbons (Fsp3) is 0.250. The number of hydrogen-bond acceptors (Lipinski definition) is 5. The molecule has 9 heteroatoms. The molecule has 0 spiro atoms. The van der Waals surface area contributed by atoms with E-state index < -0.39 is 6.09 Å². The van der Waals surface area contributed by atoms with Gasteiger partial charge in [-0.3, -0.25) is 0 Å². The molecule has 0 unspecified atom stereocenters. The molecule has 0 aliphatic heterocycles. The average molecular weight is 458 g/mol. The van der Waals surface area contributed by atoms with Crippen molar-refractivity contribution in [2.75, 3.05) is 5.32 Å². The summed E-state index contributed by atoms with van der Waals surface area (Å²) in [7, 11) is 0. The highest BCUT2D eigenvalue weighted by molar-refractivity contribution is 9.10. The Morgan fingerprint density at radius 2 is 2.17 bits per heavy atom. The van der Waals surface area contributed by atoms with Crippen LogP contribution >= 0.6 is 15.9 Å². The van der Waals surface area contributed by atoms with E-state index in [1.807, 2.05) is 0 Å². The van der Waals surface area contributed by atoms with Crippen LogP contribution < -0.4 is 11.1 Å². The number of fused-ring (bicyclic) bond motifs is 3. The minimum Gasteiger partial charge on any atom is -0.444 e. The molecule has 1 aromatic carbocycles. The fourth-order valence-electron chi connectivity index (χ4n) is 4.27. The van der Waals surface area contributed by atoms with Gasteiger partial charge in [-0.2, -0.15) is 0 Å². The van der Waals surface area contributed by atoms with Gasteiger partial charge in [-0.15, -0.1) is 0 Å². The Morgan fingerprint density at radius 1 is 1.34 bits per heavy atom. The maximum Gasteiger partial charge on any atom is 0.404 e. The first kappa shape index (κ1) is 18.1. The molecule has 148 valence electrons. The van der Waals surface area contributed by atoms with E-state index >= 15 is 0 Å². The number of pyridine rings is 1. The second kappa shape index (κ2) is 6.84. The highest BCUT2D eigenvalue weighted by atomic mass is 79.9. The predicted octanol–water partition coefficient (Wildman–Crippen LogP) is 3.98. The van der Waals surface area contributed by atoms with Crippen molar-refractivity contribution in [3.63, 3.8) is 0 Å². The number of benzene rings is 1. The molecule has 29 heavy (non-hydrogen) atoms. The number of nitrogens with zero attached hydrogens (tertiary/aromatic N) is 2. The van der Waals surface area contributed by atoms with Crippen LogP contribution in [0.15, 0.2) is 47.1 Å². The maximum absolute atomic E-state index is 13.6. The SMILES string of the molecule is NC(=O)O[C@@H]1[C@H](Nc2c(Br)cnc3nc(-c4cccc(F)c4)[nH]c23)[C@H]2C=C[C@@H]1C2. The predicted molar refractivity (Wildman–Crippen MR) is 110 cm³/mol. The molecule has 1 saturated carbocycles. The summed E-state index contributed by atoms with van der Waals surface area (Å²) in [4.78, 5) is 23.5. The Morgan fingerprint density at radius 3 is 2.97 bits per heavy atom. The maximum atomic E-state index is 13.6. The lowest BCUT2D eigenvalue weighted by atomic mass is 9.98. The van der Waals surface area contributed by atoms with Gasteiger partial charge in [-0.1, -0.05) is 24.3 Å². The number of rotatable bonds is 4. The van der Waals surface area contributed by atoms with Crippen molar-refractivity contribution >= 4 is 38.9 Å². The minimum atomic E-state index is -0.781. The summed E-state index contributed by atoms with van der Waals surface area (Å²) in [5.41, 5.74) is 7.85. The number of carbonyl (C=O) groups is 1. The Bertz CT molecular complexity index is 1150. The number of primary amides is 1. The monoisotopic (exact) mass is 457 g/mol. The molecule has 5 rings (SSSR count). The van der Waals surface area contributed by atoms with Crippen molar-refractivity contribution in [1.29, 1.82) is 0 Å². The van der Waals surface area contributed by atoms with Gasteiger partial charge in [0.1, 0.15) is 23.3 Å². The Hall–Kier alpha value is -2.94. The molecule has 2 bridgehead atoms. The largest absolute Gasteiger partial charge is 0.444 e. The number of ether oxygens (including phenoxy) is 1. The number of amides is 1. The molecule has 4 atom stereocenters. The molecule has 3 aromatic rings. The zero-order chi connectivity index (χ0) is 20.1. The normalized spacial score (nSPS) is 24.9. The number of H-pyrrole nitrogens is 1. The molecule has 2 aliphatic carbocycles. The molecule has 2 aromatic heterocycles. The summed E-state index contributed by atoms with van der Waals surface area (Å²) in [6.07, 6.45) is 5.65. The Kier molecular flexibility index (Phi) is 4.27. The molecule has 2 aliphatic rings. The van der Waals surface area contributed by atoms with E-state index in [0.717, 1.165) is 16.6 Å². The molecular weight excluding hydrogens is 441 g/mol. The lowest BCUT2D eigenvalue weighted by molar-refractivity contribution is 0.0854. The van der Waals surface area contributed by atoms with Gasteiger partial charge in [-0.25, -0.2) is 19.2 Å². The Balaban J connectivity index is 1.54. The van der Waals surface area contributed by atoms with Gasteiger partial charge in [0.25, 0.3) is 0 Å². The summed E-state index contributed by atoms with van der Waals surface area (Å²) in [5.74, 6) is 0.553. The van der Waals surface area contributed by atoms with Gasteiger partial charge in [0.05, 0.1) is 16.2 Å². The quantitative estimate of drug-likeness (QED) is 0.513. The smallest absolute Gasteiger partial charge is 0.404 e. The Labute approximate surface area is 173 Å². The molecular formula is C20H17BrFN5O2. The zero-order valence-electron chi connectivity index (χ0n) is 15.1. The van der Waals surface area contributed by atoms with Crippen LogP contribution in [0, 0.1) is 17.7 Å². The first-order valence-electron chi connectivity index (χ1n) is 9.20. The van der Waals surface area contributed by atoms with E-state index in [4.69, 9.17) is 10.5 Å². The van der Waals surface area contributed by atoms with Crippen molar-refractivity contribution in [2.24, 2.45) is 17.6 Å². The minimum absolute atomic E-state index is 0.125. The van der Waals surface area contributed by atoms with Crippen molar-refractivity contribution in [2.45, 2.75) is 18.6 Å². The zero-order valence-corrected chi connectivity index (χ0v) is 16.7. The van der Waals surface area contributed by atoms with E-state index in [0.29, 0.717) is 22.6 Å². The first-order chi connectivity index (χ1) is 14.0. The average Bonchev–Trinajstić information content (AvgIpc) is 3.39. The topological polar surface area (TPSA) is 106 Å². The number of carbonyl (C=O) groups excluding carboxylic acids is 1. The summed E-state index contributed by atoms with van der Waals surface area (Å²) in [6, 6.07) is 6.08. The number of imidazole rings is 1. The summed E-state index contributed by atoms with van der Waals surface area (Å²) < 4.78 is 19.8. The number of nitrogens with two attached hydrogens (primary N) is 1. The fourth-order valence-corrected chi connectivity index (χ4v) is 4.69. The van der Waals surface area contributed by atoms with E-state index in [-0.39, 0.29) is 29.8 Å². The lowest BCUT2D eigenvalue weighted by Crippen LogP contribution is -2.41. The third-order valence-corrected chi connectivity index (χ3v) is 6.12. The number of nitrogens with one attached hydrogen (secondary N) is 2. The molecule has 2 heterocycles. The number of aromatic nitrogens is 3. The number of hydrogen-bond donors (Lipinski definition) is 3. The van der Waals surface area contributed by atoms with Gasteiger partial charge in [0.2, 0.25) is 0 Å². The van der Waals surface area contributed by atoms with E-state index in [9.17, 15) is 9.18 Å². The highest BCUT2D eigenvalue weighted by Gasteiger charge is 2.47. The van der Waals surface area contributed by atoms with Gasteiger partial charge >= 0.3 is 6.09 Å². The van der Waals surface area contributed by atoms with Crippen LogP contribution in [0.4, 0.5) is 14.9 Å². The van der Waals surface area contributed by atoms with Gasteiger partial charge < -0.3 is 20.8 Å². The number of halogens is 2. The van der Waals surface area contributed by atoms with Crippen LogP contribution in [0.1, 0.15) is 6.42 Å².